The Kier molecular flexibility index (Phi) is 6.15. The number of benzene rings is 2. The summed E-state index contributed by atoms with van der Waals surface area (Å²) in [6.07, 6.45) is -0.207. The number of carbonyl (C=O) groups excluding carboxylic acids is 1. The summed E-state index contributed by atoms with van der Waals surface area (Å²) in [4.78, 5) is 11.4. The summed E-state index contributed by atoms with van der Waals surface area (Å²) in [6, 6.07) is 13.3. The van der Waals surface area contributed by atoms with Crippen LogP contribution < -0.4 is 14.8 Å². The summed E-state index contributed by atoms with van der Waals surface area (Å²) in [6.45, 7) is 0.260. The molecule has 2 rings (SSSR count). The molecule has 1 amide bonds. The van der Waals surface area contributed by atoms with Crippen LogP contribution in [0.25, 0.3) is 0 Å². The molecule has 0 spiro atoms. The van der Waals surface area contributed by atoms with Gasteiger partial charge in [-0.05, 0) is 18.2 Å². The Morgan fingerprint density at radius 1 is 1.25 bits per heavy atom. The van der Waals surface area contributed by atoms with E-state index in [1.165, 1.54) is 13.2 Å². The molecular weight excluding hydrogens is 311 g/mol. The number of hydrogen-bond acceptors (Lipinski definition) is 4. The highest BCUT2D eigenvalue weighted by Crippen LogP contribution is 2.26. The van der Waals surface area contributed by atoms with E-state index >= 15 is 0 Å². The summed E-state index contributed by atoms with van der Waals surface area (Å²) >= 11 is 0. The lowest BCUT2D eigenvalue weighted by atomic mass is 10.1. The molecule has 0 unspecified atom stereocenters. The van der Waals surface area contributed by atoms with Crippen LogP contribution in [0, 0.1) is 17.1 Å². The number of rotatable bonds is 7. The zero-order chi connectivity index (χ0) is 17.4. The molecule has 0 aliphatic heterocycles. The van der Waals surface area contributed by atoms with Gasteiger partial charge in [0.1, 0.15) is 30.3 Å². The highest BCUT2D eigenvalue weighted by Gasteiger charge is 2.09. The zero-order valence-corrected chi connectivity index (χ0v) is 13.2. The van der Waals surface area contributed by atoms with Gasteiger partial charge in [-0.3, -0.25) is 4.79 Å². The minimum absolute atomic E-state index is 0.0545. The molecule has 0 aromatic heterocycles. The van der Waals surface area contributed by atoms with Gasteiger partial charge >= 0.3 is 0 Å². The monoisotopic (exact) mass is 328 g/mol. The van der Waals surface area contributed by atoms with Gasteiger partial charge < -0.3 is 14.8 Å². The number of nitrogens with zero attached hydrogens (tertiary/aromatic N) is 1. The van der Waals surface area contributed by atoms with Gasteiger partial charge in [0.05, 0.1) is 13.2 Å². The van der Waals surface area contributed by atoms with Crippen molar-refractivity contribution in [3.63, 3.8) is 0 Å². The van der Waals surface area contributed by atoms with Gasteiger partial charge in [-0.1, -0.05) is 18.2 Å². The molecule has 2 aromatic rings. The van der Waals surface area contributed by atoms with E-state index in [1.807, 2.05) is 0 Å². The first-order valence-electron chi connectivity index (χ1n) is 7.31. The summed E-state index contributed by atoms with van der Waals surface area (Å²) in [5, 5.41) is 11.1. The Bertz CT molecular complexity index is 756. The molecule has 0 bridgehead atoms. The lowest BCUT2D eigenvalue weighted by Gasteiger charge is -2.14. The Hall–Kier alpha value is -3.07. The van der Waals surface area contributed by atoms with Crippen LogP contribution in [0.4, 0.5) is 4.39 Å². The van der Waals surface area contributed by atoms with E-state index in [0.29, 0.717) is 22.6 Å². The first-order valence-corrected chi connectivity index (χ1v) is 7.31. The van der Waals surface area contributed by atoms with Gasteiger partial charge in [0, 0.05) is 23.7 Å². The van der Waals surface area contributed by atoms with Crippen molar-refractivity contribution >= 4 is 5.91 Å². The van der Waals surface area contributed by atoms with Crippen LogP contribution >= 0.6 is 0 Å². The van der Waals surface area contributed by atoms with Crippen LogP contribution in [0.2, 0.25) is 0 Å². The van der Waals surface area contributed by atoms with Crippen molar-refractivity contribution in [1.29, 1.82) is 5.26 Å². The smallest absolute Gasteiger partial charge is 0.234 e. The molecule has 0 aliphatic carbocycles. The average Bonchev–Trinajstić information content (AvgIpc) is 2.60. The van der Waals surface area contributed by atoms with Crippen LogP contribution in [-0.2, 0) is 17.9 Å². The van der Waals surface area contributed by atoms with Crippen molar-refractivity contribution < 1.29 is 18.7 Å². The largest absolute Gasteiger partial charge is 0.497 e. The third-order valence-electron chi connectivity index (χ3n) is 3.33. The molecule has 1 N–H and O–H groups in total. The molecule has 24 heavy (non-hydrogen) atoms. The molecule has 0 atom stereocenters. The number of hydrogen-bond donors (Lipinski definition) is 1. The summed E-state index contributed by atoms with van der Waals surface area (Å²) in [7, 11) is 1.53. The number of nitriles is 1. The summed E-state index contributed by atoms with van der Waals surface area (Å²) in [5.74, 6) is 0.359. The van der Waals surface area contributed by atoms with Crippen molar-refractivity contribution in [2.45, 2.75) is 19.6 Å². The van der Waals surface area contributed by atoms with Gasteiger partial charge in [-0.25, -0.2) is 4.39 Å². The molecular formula is C18H17FN2O3. The first-order chi connectivity index (χ1) is 11.6. The predicted octanol–water partition coefficient (Wildman–Crippen LogP) is 2.94. The Balaban J connectivity index is 2.12. The number of amides is 1. The van der Waals surface area contributed by atoms with Crippen molar-refractivity contribution in [3.05, 3.63) is 59.4 Å². The number of nitrogens with one attached hydrogen (secondary N) is 1. The third kappa shape index (κ3) is 4.71. The molecule has 5 nitrogen and oxygen atoms in total. The number of ether oxygens (including phenoxy) is 2. The van der Waals surface area contributed by atoms with Crippen molar-refractivity contribution in [2.75, 3.05) is 7.11 Å². The van der Waals surface area contributed by atoms with Crippen molar-refractivity contribution in [3.8, 4) is 17.6 Å². The van der Waals surface area contributed by atoms with E-state index in [4.69, 9.17) is 14.7 Å². The van der Waals surface area contributed by atoms with Gasteiger partial charge in [0.15, 0.2) is 0 Å². The van der Waals surface area contributed by atoms with Gasteiger partial charge in [-0.2, -0.15) is 5.26 Å². The van der Waals surface area contributed by atoms with Crippen LogP contribution in [0.15, 0.2) is 42.5 Å². The minimum atomic E-state index is -0.367. The SMILES string of the molecule is COc1ccc(CNC(=O)CC#N)c(OCc2ccccc2F)c1. The van der Waals surface area contributed by atoms with Crippen LogP contribution in [-0.4, -0.2) is 13.0 Å². The fourth-order valence-corrected chi connectivity index (χ4v) is 2.04. The fourth-order valence-electron chi connectivity index (χ4n) is 2.04. The van der Waals surface area contributed by atoms with Crippen LogP contribution in [0.3, 0.4) is 0 Å². The van der Waals surface area contributed by atoms with E-state index in [2.05, 4.69) is 5.32 Å². The lowest BCUT2D eigenvalue weighted by Crippen LogP contribution is -2.22. The zero-order valence-electron chi connectivity index (χ0n) is 13.2. The summed E-state index contributed by atoms with van der Waals surface area (Å²) in [5.41, 5.74) is 1.14. The quantitative estimate of drug-likeness (QED) is 0.848. The molecule has 0 fully saturated rings. The molecule has 0 saturated carbocycles. The van der Waals surface area contributed by atoms with Crippen molar-refractivity contribution in [2.24, 2.45) is 0 Å². The third-order valence-corrected chi connectivity index (χ3v) is 3.33. The van der Waals surface area contributed by atoms with E-state index < -0.39 is 0 Å². The molecule has 0 heterocycles. The molecule has 0 radical (unpaired) electrons. The maximum absolute atomic E-state index is 13.7. The van der Waals surface area contributed by atoms with Gasteiger partial charge in [-0.15, -0.1) is 0 Å². The standard InChI is InChI=1S/C18H17FN2O3/c1-23-15-7-6-13(11-21-18(22)8-9-20)17(10-15)24-12-14-4-2-3-5-16(14)19/h2-7,10H,8,11-12H2,1H3,(H,21,22). The van der Waals surface area contributed by atoms with Gasteiger partial charge in [0.25, 0.3) is 0 Å². The maximum Gasteiger partial charge on any atom is 0.234 e. The molecule has 124 valence electrons. The second kappa shape index (κ2) is 8.53. The number of halogens is 1. The topological polar surface area (TPSA) is 71.3 Å². The van der Waals surface area contributed by atoms with E-state index in [-0.39, 0.29) is 31.3 Å². The normalized spacial score (nSPS) is 9.88. The Labute approximate surface area is 139 Å². The molecule has 6 heteroatoms. The fraction of sp³-hybridized carbons (Fsp3) is 0.222. The van der Waals surface area contributed by atoms with Crippen LogP contribution in [0.1, 0.15) is 17.5 Å². The number of carbonyl (C=O) groups is 1. The maximum atomic E-state index is 13.7. The second-order valence-corrected chi connectivity index (χ2v) is 4.97. The van der Waals surface area contributed by atoms with E-state index in [9.17, 15) is 9.18 Å². The van der Waals surface area contributed by atoms with Gasteiger partial charge in [0.2, 0.25) is 5.91 Å². The molecule has 0 saturated heterocycles. The molecule has 0 aliphatic rings. The Morgan fingerprint density at radius 3 is 2.75 bits per heavy atom. The van der Waals surface area contributed by atoms with Crippen LogP contribution in [0.5, 0.6) is 11.5 Å². The minimum Gasteiger partial charge on any atom is -0.497 e. The predicted molar refractivity (Wildman–Crippen MR) is 85.8 cm³/mol. The first kappa shape index (κ1) is 17.3. The highest BCUT2D eigenvalue weighted by molar-refractivity contribution is 5.78. The Morgan fingerprint density at radius 2 is 2.04 bits per heavy atom. The van der Waals surface area contributed by atoms with E-state index in [1.54, 1.807) is 42.5 Å². The average molecular weight is 328 g/mol. The molecule has 2 aromatic carbocycles. The van der Waals surface area contributed by atoms with Crippen molar-refractivity contribution in [1.82, 2.24) is 5.32 Å². The highest BCUT2D eigenvalue weighted by atomic mass is 19.1. The summed E-state index contributed by atoms with van der Waals surface area (Å²) < 4.78 is 24.6. The van der Waals surface area contributed by atoms with E-state index in [0.717, 1.165) is 0 Å². The lowest BCUT2D eigenvalue weighted by molar-refractivity contribution is -0.120. The number of methoxy groups -OCH3 is 1. The second-order valence-electron chi connectivity index (χ2n) is 4.97.